The van der Waals surface area contributed by atoms with Gasteiger partial charge >= 0.3 is 0 Å². The van der Waals surface area contributed by atoms with Gasteiger partial charge in [0, 0.05) is 0 Å². The van der Waals surface area contributed by atoms with E-state index in [-0.39, 0.29) is 0 Å². The highest BCUT2D eigenvalue weighted by molar-refractivity contribution is 5.07. The predicted octanol–water partition coefficient (Wildman–Crippen LogP) is 4.74. The molecule has 0 spiro atoms. The summed E-state index contributed by atoms with van der Waals surface area (Å²) in [4.78, 5) is 0. The molecule has 1 aliphatic rings. The van der Waals surface area contributed by atoms with Crippen molar-refractivity contribution in [3.05, 3.63) is 0 Å². The Labute approximate surface area is 90.5 Å². The van der Waals surface area contributed by atoms with E-state index >= 15 is 0 Å². The molecule has 0 radical (unpaired) electrons. The van der Waals surface area contributed by atoms with E-state index in [2.05, 4.69) is 48.5 Å². The SMILES string of the molecule is CCC(C(C)C)C(C)(C)C1(C)CC1C. The van der Waals surface area contributed by atoms with E-state index in [0.717, 1.165) is 17.8 Å². The third kappa shape index (κ3) is 1.61. The second-order valence-corrected chi connectivity index (χ2v) is 6.50. The molecule has 0 nitrogen and oxygen atoms in total. The van der Waals surface area contributed by atoms with Crippen molar-refractivity contribution in [2.24, 2.45) is 28.6 Å². The zero-order valence-corrected chi connectivity index (χ0v) is 11.1. The zero-order valence-electron chi connectivity index (χ0n) is 11.1. The minimum Gasteiger partial charge on any atom is -0.0651 e. The summed E-state index contributed by atoms with van der Waals surface area (Å²) in [6.45, 7) is 17.0. The molecule has 3 atom stereocenters. The summed E-state index contributed by atoms with van der Waals surface area (Å²) < 4.78 is 0. The third-order valence-electron chi connectivity index (χ3n) is 5.30. The lowest BCUT2D eigenvalue weighted by molar-refractivity contribution is 0.0598. The Balaban J connectivity index is 2.83. The molecule has 1 fully saturated rings. The maximum Gasteiger partial charge on any atom is -0.0243 e. The molecule has 0 saturated heterocycles. The van der Waals surface area contributed by atoms with Gasteiger partial charge in [0.05, 0.1) is 0 Å². The summed E-state index contributed by atoms with van der Waals surface area (Å²) in [5.41, 5.74) is 1.12. The van der Waals surface area contributed by atoms with Crippen LogP contribution in [0.1, 0.15) is 61.3 Å². The second kappa shape index (κ2) is 3.54. The number of rotatable bonds is 4. The average Bonchev–Trinajstić information content (AvgIpc) is 2.61. The average molecular weight is 196 g/mol. The molecular formula is C14H28. The minimum absolute atomic E-state index is 0.509. The molecule has 0 aromatic rings. The van der Waals surface area contributed by atoms with E-state index in [4.69, 9.17) is 0 Å². The van der Waals surface area contributed by atoms with Crippen LogP contribution in [0.25, 0.3) is 0 Å². The molecule has 0 aromatic carbocycles. The van der Waals surface area contributed by atoms with E-state index in [1.807, 2.05) is 0 Å². The Morgan fingerprint density at radius 1 is 1.36 bits per heavy atom. The molecule has 0 amide bonds. The van der Waals surface area contributed by atoms with Crippen molar-refractivity contribution in [2.45, 2.75) is 61.3 Å². The van der Waals surface area contributed by atoms with Crippen LogP contribution in [-0.2, 0) is 0 Å². The van der Waals surface area contributed by atoms with Crippen LogP contribution in [0, 0.1) is 28.6 Å². The van der Waals surface area contributed by atoms with Crippen molar-refractivity contribution >= 4 is 0 Å². The van der Waals surface area contributed by atoms with Crippen LogP contribution >= 0.6 is 0 Å². The van der Waals surface area contributed by atoms with Crippen LogP contribution in [0.4, 0.5) is 0 Å². The molecule has 0 aliphatic heterocycles. The lowest BCUT2D eigenvalue weighted by Gasteiger charge is -2.43. The second-order valence-electron chi connectivity index (χ2n) is 6.50. The molecule has 3 unspecified atom stereocenters. The molecule has 0 aromatic heterocycles. The lowest BCUT2D eigenvalue weighted by atomic mass is 9.62. The first kappa shape index (κ1) is 12.1. The molecular weight excluding hydrogens is 168 g/mol. The van der Waals surface area contributed by atoms with Gasteiger partial charge in [-0.25, -0.2) is 0 Å². The molecule has 0 bridgehead atoms. The van der Waals surface area contributed by atoms with E-state index in [1.54, 1.807) is 0 Å². The fourth-order valence-corrected chi connectivity index (χ4v) is 3.71. The predicted molar refractivity (Wildman–Crippen MR) is 64.3 cm³/mol. The summed E-state index contributed by atoms with van der Waals surface area (Å²) in [7, 11) is 0. The molecule has 0 heteroatoms. The molecule has 1 saturated carbocycles. The number of hydrogen-bond acceptors (Lipinski definition) is 0. The van der Waals surface area contributed by atoms with Gasteiger partial charge in [-0.2, -0.15) is 0 Å². The van der Waals surface area contributed by atoms with Crippen molar-refractivity contribution in [1.82, 2.24) is 0 Å². The Hall–Kier alpha value is 0. The van der Waals surface area contributed by atoms with Gasteiger partial charge in [-0.3, -0.25) is 0 Å². The summed E-state index contributed by atoms with van der Waals surface area (Å²) in [5, 5.41) is 0. The van der Waals surface area contributed by atoms with Gasteiger partial charge in [-0.15, -0.1) is 0 Å². The lowest BCUT2D eigenvalue weighted by Crippen LogP contribution is -2.36. The highest BCUT2D eigenvalue weighted by Gasteiger charge is 2.58. The third-order valence-corrected chi connectivity index (χ3v) is 5.30. The highest BCUT2D eigenvalue weighted by atomic mass is 14.6. The highest BCUT2D eigenvalue weighted by Crippen LogP contribution is 2.66. The van der Waals surface area contributed by atoms with E-state index in [1.165, 1.54) is 12.8 Å². The molecule has 84 valence electrons. The molecule has 0 heterocycles. The van der Waals surface area contributed by atoms with E-state index < -0.39 is 0 Å². The molecule has 1 aliphatic carbocycles. The van der Waals surface area contributed by atoms with Gasteiger partial charge in [0.2, 0.25) is 0 Å². The van der Waals surface area contributed by atoms with Crippen LogP contribution in [0.2, 0.25) is 0 Å². The van der Waals surface area contributed by atoms with E-state index in [9.17, 15) is 0 Å². The quantitative estimate of drug-likeness (QED) is 0.609. The summed E-state index contributed by atoms with van der Waals surface area (Å²) in [6, 6.07) is 0. The van der Waals surface area contributed by atoms with Gasteiger partial charge in [-0.05, 0) is 35.0 Å². The maximum absolute atomic E-state index is 2.49. The van der Waals surface area contributed by atoms with Crippen LogP contribution in [0.15, 0.2) is 0 Å². The smallest absolute Gasteiger partial charge is 0.0243 e. The Morgan fingerprint density at radius 3 is 2.00 bits per heavy atom. The topological polar surface area (TPSA) is 0 Å². The van der Waals surface area contributed by atoms with Gasteiger partial charge in [0.25, 0.3) is 0 Å². The molecule has 0 N–H and O–H groups in total. The number of hydrogen-bond donors (Lipinski definition) is 0. The van der Waals surface area contributed by atoms with Gasteiger partial charge in [0.15, 0.2) is 0 Å². The van der Waals surface area contributed by atoms with Gasteiger partial charge < -0.3 is 0 Å². The Morgan fingerprint density at radius 2 is 1.79 bits per heavy atom. The van der Waals surface area contributed by atoms with Gasteiger partial charge in [0.1, 0.15) is 0 Å². The van der Waals surface area contributed by atoms with Crippen LogP contribution in [-0.4, -0.2) is 0 Å². The summed E-state index contributed by atoms with van der Waals surface area (Å²) in [5.74, 6) is 2.63. The first-order valence-electron chi connectivity index (χ1n) is 6.27. The van der Waals surface area contributed by atoms with Crippen LogP contribution in [0.3, 0.4) is 0 Å². The van der Waals surface area contributed by atoms with Crippen molar-refractivity contribution in [1.29, 1.82) is 0 Å². The minimum atomic E-state index is 0.509. The normalized spacial score (nSPS) is 34.7. The first-order chi connectivity index (χ1) is 6.27. The first-order valence-corrected chi connectivity index (χ1v) is 6.27. The fraction of sp³-hybridized carbons (Fsp3) is 1.00. The largest absolute Gasteiger partial charge is 0.0651 e. The summed E-state index contributed by atoms with van der Waals surface area (Å²) >= 11 is 0. The van der Waals surface area contributed by atoms with E-state index in [0.29, 0.717) is 10.8 Å². The fourth-order valence-electron chi connectivity index (χ4n) is 3.71. The Kier molecular flexibility index (Phi) is 3.05. The van der Waals surface area contributed by atoms with Crippen molar-refractivity contribution in [3.63, 3.8) is 0 Å². The Bertz CT molecular complexity index is 202. The van der Waals surface area contributed by atoms with Crippen molar-refractivity contribution in [3.8, 4) is 0 Å². The van der Waals surface area contributed by atoms with Crippen LogP contribution in [0.5, 0.6) is 0 Å². The zero-order chi connectivity index (χ0) is 11.1. The van der Waals surface area contributed by atoms with Crippen molar-refractivity contribution in [2.75, 3.05) is 0 Å². The molecule has 1 rings (SSSR count). The monoisotopic (exact) mass is 196 g/mol. The van der Waals surface area contributed by atoms with Crippen LogP contribution < -0.4 is 0 Å². The van der Waals surface area contributed by atoms with Crippen molar-refractivity contribution < 1.29 is 0 Å². The molecule has 14 heavy (non-hydrogen) atoms. The summed E-state index contributed by atoms with van der Waals surface area (Å²) in [6.07, 6.45) is 2.76. The standard InChI is InChI=1S/C14H28/c1-8-12(10(2)3)13(5,6)14(7)9-11(14)4/h10-12H,8-9H2,1-7H3. The maximum atomic E-state index is 2.49. The van der Waals surface area contributed by atoms with Gasteiger partial charge in [-0.1, -0.05) is 54.9 Å².